The summed E-state index contributed by atoms with van der Waals surface area (Å²) in [4.78, 5) is 25.2. The summed E-state index contributed by atoms with van der Waals surface area (Å²) >= 11 is 0. The summed E-state index contributed by atoms with van der Waals surface area (Å²) in [5.74, 6) is 3.00. The maximum absolute atomic E-state index is 12.4. The molecule has 6 rings (SSSR count). The smallest absolute Gasteiger partial charge is 0.300 e. The van der Waals surface area contributed by atoms with Crippen molar-refractivity contribution in [3.05, 3.63) is 0 Å². The summed E-state index contributed by atoms with van der Waals surface area (Å²) in [6.07, 6.45) is 13.8. The third-order valence-corrected chi connectivity index (χ3v) is 15.3. The van der Waals surface area contributed by atoms with Crippen LogP contribution in [0.5, 0.6) is 0 Å². The second kappa shape index (κ2) is 14.3. The number of carboxylic acids is 1. The first-order valence-electron chi connectivity index (χ1n) is 19.5. The summed E-state index contributed by atoms with van der Waals surface area (Å²) in [5, 5.41) is 17.7. The fourth-order valence-corrected chi connectivity index (χ4v) is 13.1. The van der Waals surface area contributed by atoms with Gasteiger partial charge in [0.1, 0.15) is 0 Å². The molecule has 0 aromatic rings. The molecule has 5 aliphatic carbocycles. The standard InChI is InChI=1S/C38H66N2O5.C2H4O2/c1-25-37-19-18-36(6)27(12-10-11-16-34(2,3)42)29(43-9)22-28(36)26(37)13-14-30-35(4,5)31(15-17-38(25,30)37)45-33-24-40(20-21-44-33)23-32(41)39(7)8;1-2(3)4/h25-31,33,42H,10-24H2,1-9H3;1H3,(H,3,4). The van der Waals surface area contributed by atoms with E-state index in [4.69, 9.17) is 24.1 Å². The normalized spacial score (nSPS) is 42.4. The molecule has 9 nitrogen and oxygen atoms in total. The molecule has 2 spiro atoms. The molecule has 0 radical (unpaired) electrons. The number of unbranched alkanes of at least 4 members (excludes halogenated alkanes) is 1. The first-order chi connectivity index (χ1) is 22.8. The van der Waals surface area contributed by atoms with Gasteiger partial charge in [0.25, 0.3) is 5.97 Å². The highest BCUT2D eigenvalue weighted by Gasteiger charge is 2.84. The van der Waals surface area contributed by atoms with E-state index >= 15 is 0 Å². The average molecular weight is 691 g/mol. The van der Waals surface area contributed by atoms with Gasteiger partial charge in [0.2, 0.25) is 5.91 Å². The van der Waals surface area contributed by atoms with Crippen LogP contribution in [-0.2, 0) is 23.8 Å². The number of morpholine rings is 1. The zero-order valence-corrected chi connectivity index (χ0v) is 32.6. The largest absolute Gasteiger partial charge is 0.481 e. The lowest BCUT2D eigenvalue weighted by Gasteiger charge is -2.59. The molecule has 11 unspecified atom stereocenters. The van der Waals surface area contributed by atoms with E-state index in [-0.39, 0.29) is 23.7 Å². The predicted octanol–water partition coefficient (Wildman–Crippen LogP) is 6.46. The van der Waals surface area contributed by atoms with E-state index in [2.05, 4.69) is 32.6 Å². The summed E-state index contributed by atoms with van der Waals surface area (Å²) in [7, 11) is 5.61. The van der Waals surface area contributed by atoms with Gasteiger partial charge in [-0.2, -0.15) is 0 Å². The molecule has 6 fully saturated rings. The highest BCUT2D eigenvalue weighted by Crippen LogP contribution is 2.89. The molecule has 2 N–H and O–H groups in total. The number of rotatable bonds is 10. The van der Waals surface area contributed by atoms with E-state index in [0.717, 1.165) is 50.5 Å². The van der Waals surface area contributed by atoms with Gasteiger partial charge in [-0.1, -0.05) is 40.5 Å². The molecule has 0 aromatic carbocycles. The zero-order valence-electron chi connectivity index (χ0n) is 32.6. The van der Waals surface area contributed by atoms with Gasteiger partial charge in [-0.3, -0.25) is 14.5 Å². The van der Waals surface area contributed by atoms with Gasteiger partial charge in [-0.05, 0) is 123 Å². The average Bonchev–Trinajstić information content (AvgIpc) is 3.39. The van der Waals surface area contributed by atoms with E-state index < -0.39 is 11.6 Å². The van der Waals surface area contributed by atoms with Gasteiger partial charge in [-0.15, -0.1) is 0 Å². The van der Waals surface area contributed by atoms with Crippen molar-refractivity contribution in [2.45, 2.75) is 143 Å². The fourth-order valence-electron chi connectivity index (χ4n) is 13.1. The van der Waals surface area contributed by atoms with Crippen LogP contribution in [0, 0.1) is 51.2 Å². The number of hydrogen-bond acceptors (Lipinski definition) is 7. The molecule has 0 bridgehead atoms. The van der Waals surface area contributed by atoms with Crippen molar-refractivity contribution >= 4 is 11.9 Å². The maximum atomic E-state index is 12.4. The highest BCUT2D eigenvalue weighted by molar-refractivity contribution is 5.77. The Balaban J connectivity index is 0.00000111. The predicted molar refractivity (Wildman–Crippen MR) is 191 cm³/mol. The molecule has 1 amide bonds. The van der Waals surface area contributed by atoms with Crippen LogP contribution in [0.25, 0.3) is 0 Å². The summed E-state index contributed by atoms with van der Waals surface area (Å²) in [6, 6.07) is 0. The molecular weight excluding hydrogens is 620 g/mol. The molecule has 6 aliphatic rings. The summed E-state index contributed by atoms with van der Waals surface area (Å²) in [6.45, 7) is 17.8. The van der Waals surface area contributed by atoms with Crippen LogP contribution >= 0.6 is 0 Å². The Bertz CT molecular complexity index is 1180. The summed E-state index contributed by atoms with van der Waals surface area (Å²) in [5.41, 5.74) is 0.839. The van der Waals surface area contributed by atoms with Crippen LogP contribution in [0.2, 0.25) is 0 Å². The Hall–Kier alpha value is -1.26. The molecule has 282 valence electrons. The molecule has 1 heterocycles. The number of ether oxygens (including phenoxy) is 3. The van der Waals surface area contributed by atoms with Gasteiger partial charge in [0.15, 0.2) is 6.29 Å². The minimum atomic E-state index is -0.833. The van der Waals surface area contributed by atoms with Crippen LogP contribution in [0.3, 0.4) is 0 Å². The Kier molecular flexibility index (Phi) is 11.4. The third kappa shape index (κ3) is 6.98. The van der Waals surface area contributed by atoms with Gasteiger partial charge < -0.3 is 29.3 Å². The summed E-state index contributed by atoms with van der Waals surface area (Å²) < 4.78 is 19.3. The molecule has 49 heavy (non-hydrogen) atoms. The molecule has 11 atom stereocenters. The number of nitrogens with zero attached hydrogens (tertiary/aromatic N) is 2. The number of amides is 1. The quantitative estimate of drug-likeness (QED) is 0.252. The molecule has 5 saturated carbocycles. The number of hydrogen-bond donors (Lipinski definition) is 2. The van der Waals surface area contributed by atoms with E-state index in [9.17, 15) is 9.90 Å². The Morgan fingerprint density at radius 3 is 2.35 bits per heavy atom. The van der Waals surface area contributed by atoms with Crippen molar-refractivity contribution in [2.75, 3.05) is 47.4 Å². The van der Waals surface area contributed by atoms with Crippen LogP contribution in [-0.4, -0.2) is 103 Å². The lowest BCUT2D eigenvalue weighted by molar-refractivity contribution is -0.245. The van der Waals surface area contributed by atoms with Crippen LogP contribution < -0.4 is 0 Å². The molecule has 1 saturated heterocycles. The number of methoxy groups -OCH3 is 1. The van der Waals surface area contributed by atoms with Gasteiger partial charge in [-0.25, -0.2) is 0 Å². The molecule has 1 aliphatic heterocycles. The Morgan fingerprint density at radius 2 is 1.71 bits per heavy atom. The minimum absolute atomic E-state index is 0.0978. The second-order valence-electron chi connectivity index (χ2n) is 18.7. The van der Waals surface area contributed by atoms with Crippen molar-refractivity contribution in [3.63, 3.8) is 0 Å². The van der Waals surface area contributed by atoms with Crippen molar-refractivity contribution in [3.8, 4) is 0 Å². The van der Waals surface area contributed by atoms with Crippen molar-refractivity contribution in [1.29, 1.82) is 0 Å². The lowest BCUT2D eigenvalue weighted by atomic mass is 9.46. The van der Waals surface area contributed by atoms with Crippen LogP contribution in [0.4, 0.5) is 0 Å². The first kappa shape index (κ1) is 39.0. The van der Waals surface area contributed by atoms with Gasteiger partial charge in [0.05, 0.1) is 37.5 Å². The van der Waals surface area contributed by atoms with Crippen LogP contribution in [0.15, 0.2) is 0 Å². The molecule has 0 aromatic heterocycles. The fraction of sp³-hybridized carbons (Fsp3) is 0.950. The molecular formula is C40H70N2O7. The number of carbonyl (C=O) groups is 2. The zero-order chi connectivity index (χ0) is 36.2. The minimum Gasteiger partial charge on any atom is -0.481 e. The number of likely N-dealkylation sites (N-methyl/N-ethyl adjacent to an activating group) is 1. The van der Waals surface area contributed by atoms with E-state index in [1.807, 2.05) is 35.1 Å². The number of aliphatic hydroxyl groups is 1. The van der Waals surface area contributed by atoms with Crippen molar-refractivity contribution in [1.82, 2.24) is 9.80 Å². The van der Waals surface area contributed by atoms with Crippen molar-refractivity contribution in [2.24, 2.45) is 51.2 Å². The maximum Gasteiger partial charge on any atom is 0.300 e. The van der Waals surface area contributed by atoms with E-state index in [1.54, 1.807) is 4.90 Å². The Morgan fingerprint density at radius 1 is 1.02 bits per heavy atom. The lowest BCUT2D eigenvalue weighted by Crippen LogP contribution is -2.56. The number of fused-ring (bicyclic) bond motifs is 2. The second-order valence-corrected chi connectivity index (χ2v) is 18.7. The number of carbonyl (C=O) groups excluding carboxylic acids is 1. The topological polar surface area (TPSA) is 109 Å². The van der Waals surface area contributed by atoms with E-state index in [1.165, 1.54) is 51.4 Å². The Labute approximate surface area is 297 Å². The van der Waals surface area contributed by atoms with Crippen LogP contribution in [0.1, 0.15) is 119 Å². The monoisotopic (exact) mass is 691 g/mol. The number of carboxylic acid groups (broad SMARTS) is 1. The molecule has 9 heteroatoms. The number of aliphatic carboxylic acids is 1. The first-order valence-corrected chi connectivity index (χ1v) is 19.5. The van der Waals surface area contributed by atoms with Gasteiger partial charge in [0, 0.05) is 34.7 Å². The van der Waals surface area contributed by atoms with Gasteiger partial charge >= 0.3 is 0 Å². The van der Waals surface area contributed by atoms with Crippen molar-refractivity contribution < 1.29 is 34.0 Å². The SMILES string of the molecule is CC(=O)O.COC1CC2C3CCC4C(C)(C)C(OC5CN(CC(=O)N(C)C)CCO5)CCC45C(C)C35CCC2(C)C1CCCCC(C)(C)O. The highest BCUT2D eigenvalue weighted by atomic mass is 16.7. The third-order valence-electron chi connectivity index (χ3n) is 15.3. The van der Waals surface area contributed by atoms with E-state index in [0.29, 0.717) is 53.9 Å².